The second kappa shape index (κ2) is 5.91. The van der Waals surface area contributed by atoms with Crippen LogP contribution in [0.1, 0.15) is 12.5 Å². The molecule has 5 heteroatoms. The van der Waals surface area contributed by atoms with Crippen molar-refractivity contribution in [3.05, 3.63) is 23.8 Å². The van der Waals surface area contributed by atoms with Crippen LogP contribution in [0.5, 0.6) is 0 Å². The van der Waals surface area contributed by atoms with Crippen molar-refractivity contribution in [1.82, 2.24) is 0 Å². The second-order valence-corrected chi connectivity index (χ2v) is 5.63. The molecule has 1 aliphatic rings. The molecule has 0 radical (unpaired) electrons. The van der Waals surface area contributed by atoms with E-state index in [-0.39, 0.29) is 6.10 Å². The lowest BCUT2D eigenvalue weighted by atomic mass is 10.1. The second-order valence-electron chi connectivity index (χ2n) is 4.35. The van der Waals surface area contributed by atoms with Crippen molar-refractivity contribution in [2.75, 3.05) is 30.9 Å². The number of nitrogens with two attached hydrogens (primary N) is 1. The maximum absolute atomic E-state index is 5.89. The molecule has 0 bridgehead atoms. The number of rotatable bonds is 3. The Morgan fingerprint density at radius 1 is 1.56 bits per heavy atom. The van der Waals surface area contributed by atoms with Crippen molar-refractivity contribution in [2.24, 2.45) is 5.73 Å². The van der Waals surface area contributed by atoms with E-state index in [0.717, 1.165) is 35.8 Å². The molecule has 0 spiro atoms. The molecule has 2 rings (SSSR count). The normalized spacial score (nSPS) is 19.9. The molecule has 1 aromatic carbocycles. The van der Waals surface area contributed by atoms with Gasteiger partial charge < -0.3 is 15.4 Å². The minimum Gasteiger partial charge on any atom is -0.389 e. The molecule has 1 fully saturated rings. The van der Waals surface area contributed by atoms with E-state index in [0.29, 0.717) is 4.99 Å². The summed E-state index contributed by atoms with van der Waals surface area (Å²) in [5.41, 5.74) is 8.02. The van der Waals surface area contributed by atoms with Crippen LogP contribution >= 0.6 is 24.0 Å². The van der Waals surface area contributed by atoms with Gasteiger partial charge in [-0.1, -0.05) is 18.3 Å². The quantitative estimate of drug-likeness (QED) is 0.680. The van der Waals surface area contributed by atoms with Gasteiger partial charge in [-0.15, -0.1) is 11.8 Å². The Morgan fingerprint density at radius 3 is 2.94 bits per heavy atom. The summed E-state index contributed by atoms with van der Waals surface area (Å²) in [6.45, 7) is 4.61. The third-order valence-electron chi connectivity index (χ3n) is 3.05. The fourth-order valence-corrected chi connectivity index (χ4v) is 3.15. The fourth-order valence-electron chi connectivity index (χ4n) is 2.24. The van der Waals surface area contributed by atoms with E-state index in [9.17, 15) is 0 Å². The average molecular weight is 282 g/mol. The molecule has 3 nitrogen and oxygen atoms in total. The summed E-state index contributed by atoms with van der Waals surface area (Å²) >= 11 is 6.89. The van der Waals surface area contributed by atoms with Crippen LogP contribution in [0.3, 0.4) is 0 Å². The average Bonchev–Trinajstić information content (AvgIpc) is 2.37. The molecule has 1 saturated heterocycles. The first-order valence-corrected chi connectivity index (χ1v) is 7.60. The van der Waals surface area contributed by atoms with E-state index in [1.54, 1.807) is 11.8 Å². The highest BCUT2D eigenvalue weighted by atomic mass is 32.2. The topological polar surface area (TPSA) is 38.5 Å². The Kier molecular flexibility index (Phi) is 4.48. The van der Waals surface area contributed by atoms with Crippen molar-refractivity contribution in [3.63, 3.8) is 0 Å². The van der Waals surface area contributed by atoms with E-state index < -0.39 is 0 Å². The molecule has 1 aliphatic heterocycles. The van der Waals surface area contributed by atoms with E-state index in [1.807, 2.05) is 6.26 Å². The largest absolute Gasteiger partial charge is 0.389 e. The van der Waals surface area contributed by atoms with Crippen LogP contribution < -0.4 is 10.6 Å². The zero-order valence-electron chi connectivity index (χ0n) is 10.7. The fraction of sp³-hybridized carbons (Fsp3) is 0.462. The predicted molar refractivity (Wildman–Crippen MR) is 81.7 cm³/mol. The molecule has 0 amide bonds. The summed E-state index contributed by atoms with van der Waals surface area (Å²) in [5.74, 6) is 0. The summed E-state index contributed by atoms with van der Waals surface area (Å²) in [5, 5.41) is 0. The highest BCUT2D eigenvalue weighted by Gasteiger charge is 2.21. The first kappa shape index (κ1) is 13.6. The number of anilines is 1. The molecule has 0 saturated carbocycles. The Labute approximate surface area is 118 Å². The summed E-state index contributed by atoms with van der Waals surface area (Å²) in [7, 11) is 0. The van der Waals surface area contributed by atoms with Crippen LogP contribution in [0.2, 0.25) is 0 Å². The smallest absolute Gasteiger partial charge is 0.107 e. The monoisotopic (exact) mass is 282 g/mol. The van der Waals surface area contributed by atoms with Crippen molar-refractivity contribution in [1.29, 1.82) is 0 Å². The highest BCUT2D eigenvalue weighted by Crippen LogP contribution is 2.30. The molecule has 98 valence electrons. The first-order valence-electron chi connectivity index (χ1n) is 5.97. The van der Waals surface area contributed by atoms with Gasteiger partial charge in [-0.3, -0.25) is 0 Å². The Bertz CT molecular complexity index is 451. The zero-order valence-corrected chi connectivity index (χ0v) is 12.3. The molecular formula is C13H18N2OS2. The van der Waals surface area contributed by atoms with Crippen molar-refractivity contribution >= 4 is 34.7 Å². The summed E-state index contributed by atoms with van der Waals surface area (Å²) in [6.07, 6.45) is 2.29. The third-order valence-corrected chi connectivity index (χ3v) is 4.04. The summed E-state index contributed by atoms with van der Waals surface area (Å²) < 4.78 is 5.58. The molecule has 18 heavy (non-hydrogen) atoms. The molecular weight excluding hydrogens is 264 g/mol. The van der Waals surface area contributed by atoms with Gasteiger partial charge in [0.25, 0.3) is 0 Å². The summed E-state index contributed by atoms with van der Waals surface area (Å²) in [4.78, 5) is 3.91. The van der Waals surface area contributed by atoms with E-state index in [2.05, 4.69) is 30.0 Å². The molecule has 0 aliphatic carbocycles. The number of benzene rings is 1. The number of ether oxygens (including phenoxy) is 1. The third kappa shape index (κ3) is 2.79. The van der Waals surface area contributed by atoms with E-state index in [4.69, 9.17) is 22.7 Å². The Morgan fingerprint density at radius 2 is 2.33 bits per heavy atom. The van der Waals surface area contributed by atoms with Gasteiger partial charge in [0, 0.05) is 29.2 Å². The van der Waals surface area contributed by atoms with Crippen LogP contribution in [-0.4, -0.2) is 37.0 Å². The lowest BCUT2D eigenvalue weighted by molar-refractivity contribution is 0.0532. The van der Waals surface area contributed by atoms with Crippen molar-refractivity contribution in [2.45, 2.75) is 17.9 Å². The predicted octanol–water partition coefficient (Wildman–Crippen LogP) is 2.27. The number of nitrogens with zero attached hydrogens (tertiary/aromatic N) is 1. The van der Waals surface area contributed by atoms with Crippen LogP contribution in [-0.2, 0) is 4.74 Å². The Balaban J connectivity index is 2.40. The van der Waals surface area contributed by atoms with E-state index >= 15 is 0 Å². The lowest BCUT2D eigenvalue weighted by Crippen LogP contribution is -2.42. The summed E-state index contributed by atoms with van der Waals surface area (Å²) in [6, 6.07) is 6.21. The number of hydrogen-bond donors (Lipinski definition) is 1. The van der Waals surface area contributed by atoms with Gasteiger partial charge in [0.2, 0.25) is 0 Å². The number of thiocarbonyl (C=S) groups is 1. The van der Waals surface area contributed by atoms with Crippen LogP contribution in [0, 0.1) is 0 Å². The van der Waals surface area contributed by atoms with Gasteiger partial charge >= 0.3 is 0 Å². The van der Waals surface area contributed by atoms with Gasteiger partial charge in [-0.05, 0) is 25.3 Å². The highest BCUT2D eigenvalue weighted by molar-refractivity contribution is 7.98. The molecule has 0 aromatic heterocycles. The minimum atomic E-state index is 0.246. The maximum atomic E-state index is 5.89. The van der Waals surface area contributed by atoms with Crippen LogP contribution in [0.25, 0.3) is 0 Å². The van der Waals surface area contributed by atoms with Gasteiger partial charge in [-0.25, -0.2) is 0 Å². The number of hydrogen-bond acceptors (Lipinski definition) is 4. The van der Waals surface area contributed by atoms with Gasteiger partial charge in [-0.2, -0.15) is 0 Å². The van der Waals surface area contributed by atoms with Crippen LogP contribution in [0.15, 0.2) is 23.1 Å². The SMILES string of the molecule is CSc1cccc(N2CCOC(C)C2)c1C(N)=S. The zero-order chi connectivity index (χ0) is 13.1. The van der Waals surface area contributed by atoms with Crippen molar-refractivity contribution in [3.8, 4) is 0 Å². The molecule has 1 aromatic rings. The molecule has 1 heterocycles. The standard InChI is InChI=1S/C13H18N2OS2/c1-9-8-15(6-7-16-9)10-4-3-5-11(18-2)12(10)13(14)17/h3-5,9H,6-8H2,1-2H3,(H2,14,17). The molecule has 2 N–H and O–H groups in total. The Hall–Kier alpha value is -0.780. The molecule has 1 atom stereocenters. The van der Waals surface area contributed by atoms with Crippen molar-refractivity contribution < 1.29 is 4.74 Å². The number of morpholine rings is 1. The van der Waals surface area contributed by atoms with Crippen LogP contribution in [0.4, 0.5) is 5.69 Å². The maximum Gasteiger partial charge on any atom is 0.107 e. The van der Waals surface area contributed by atoms with Gasteiger partial charge in [0.15, 0.2) is 0 Å². The van der Waals surface area contributed by atoms with Gasteiger partial charge in [0.05, 0.1) is 12.7 Å². The minimum absolute atomic E-state index is 0.246. The number of thioether (sulfide) groups is 1. The lowest BCUT2D eigenvalue weighted by Gasteiger charge is -2.34. The van der Waals surface area contributed by atoms with Gasteiger partial charge in [0.1, 0.15) is 4.99 Å². The molecule has 1 unspecified atom stereocenters. The first-order chi connectivity index (χ1) is 8.63. The van der Waals surface area contributed by atoms with E-state index in [1.165, 1.54) is 0 Å².